The maximum atomic E-state index is 5.25. The first-order chi connectivity index (χ1) is 8.76. The number of hydrogen-bond donors (Lipinski definition) is 1. The van der Waals surface area contributed by atoms with Crippen molar-refractivity contribution in [1.29, 1.82) is 0 Å². The van der Waals surface area contributed by atoms with Crippen LogP contribution < -0.4 is 10.1 Å². The van der Waals surface area contributed by atoms with Gasteiger partial charge in [0.05, 0.1) is 7.11 Å². The summed E-state index contributed by atoms with van der Waals surface area (Å²) >= 11 is 0. The van der Waals surface area contributed by atoms with Gasteiger partial charge in [-0.05, 0) is 53.4 Å². The molecule has 94 valence electrons. The minimum absolute atomic E-state index is 0.520. The molecule has 0 saturated carbocycles. The van der Waals surface area contributed by atoms with Crippen LogP contribution in [-0.2, 0) is 0 Å². The predicted molar refractivity (Wildman–Crippen MR) is 75.0 cm³/mol. The van der Waals surface area contributed by atoms with Crippen molar-refractivity contribution in [1.82, 2.24) is 5.32 Å². The molecule has 1 N–H and O–H groups in total. The molecule has 2 aromatic rings. The van der Waals surface area contributed by atoms with Crippen LogP contribution in [0.3, 0.4) is 0 Å². The summed E-state index contributed by atoms with van der Waals surface area (Å²) in [5, 5.41) is 6.11. The quantitative estimate of drug-likeness (QED) is 0.868. The Balaban J connectivity index is 1.96. The van der Waals surface area contributed by atoms with Crippen molar-refractivity contribution in [3.8, 4) is 5.75 Å². The van der Waals surface area contributed by atoms with Crippen LogP contribution in [0.1, 0.15) is 24.9 Å². The van der Waals surface area contributed by atoms with Crippen LogP contribution >= 0.6 is 0 Å². The highest BCUT2D eigenvalue weighted by Crippen LogP contribution is 2.30. The fourth-order valence-corrected chi connectivity index (χ4v) is 2.75. The van der Waals surface area contributed by atoms with E-state index < -0.39 is 0 Å². The minimum atomic E-state index is 0.520. The second-order valence-corrected chi connectivity index (χ2v) is 5.27. The Morgan fingerprint density at radius 2 is 1.89 bits per heavy atom. The van der Waals surface area contributed by atoms with Crippen LogP contribution in [0.25, 0.3) is 10.8 Å². The van der Waals surface area contributed by atoms with Gasteiger partial charge < -0.3 is 10.1 Å². The molecule has 2 aromatic carbocycles. The minimum Gasteiger partial charge on any atom is -0.497 e. The van der Waals surface area contributed by atoms with E-state index >= 15 is 0 Å². The largest absolute Gasteiger partial charge is 0.497 e. The highest BCUT2D eigenvalue weighted by molar-refractivity contribution is 5.84. The fraction of sp³-hybridized carbons (Fsp3) is 0.375. The molecule has 2 nitrogen and oxygen atoms in total. The molecule has 1 fully saturated rings. The van der Waals surface area contributed by atoms with Crippen molar-refractivity contribution in [2.45, 2.75) is 19.4 Å². The van der Waals surface area contributed by atoms with E-state index in [0.29, 0.717) is 6.04 Å². The van der Waals surface area contributed by atoms with Gasteiger partial charge in [-0.25, -0.2) is 0 Å². The lowest BCUT2D eigenvalue weighted by Gasteiger charge is -2.12. The molecular weight excluding hydrogens is 222 g/mol. The molecule has 1 heterocycles. The summed E-state index contributed by atoms with van der Waals surface area (Å²) in [6.07, 6.45) is 1.24. The van der Waals surface area contributed by atoms with Gasteiger partial charge in [0, 0.05) is 6.04 Å². The summed E-state index contributed by atoms with van der Waals surface area (Å²) in [5.41, 5.74) is 1.40. The van der Waals surface area contributed by atoms with Crippen molar-refractivity contribution >= 4 is 10.8 Å². The molecule has 0 bridgehead atoms. The SMILES string of the molecule is COc1ccc2cc(C3CC(C)CN3)ccc2c1. The van der Waals surface area contributed by atoms with E-state index in [1.54, 1.807) is 7.11 Å². The molecule has 18 heavy (non-hydrogen) atoms. The molecule has 1 saturated heterocycles. The number of nitrogens with one attached hydrogen (secondary N) is 1. The maximum Gasteiger partial charge on any atom is 0.119 e. The van der Waals surface area contributed by atoms with Gasteiger partial charge in [0.15, 0.2) is 0 Å². The van der Waals surface area contributed by atoms with E-state index in [2.05, 4.69) is 42.6 Å². The Hall–Kier alpha value is -1.54. The first kappa shape index (κ1) is 11.5. The summed E-state index contributed by atoms with van der Waals surface area (Å²) in [7, 11) is 1.71. The number of ether oxygens (including phenoxy) is 1. The van der Waals surface area contributed by atoms with Crippen LogP contribution in [0.2, 0.25) is 0 Å². The summed E-state index contributed by atoms with van der Waals surface area (Å²) in [4.78, 5) is 0. The number of rotatable bonds is 2. The fourth-order valence-electron chi connectivity index (χ4n) is 2.75. The van der Waals surface area contributed by atoms with E-state index in [1.165, 1.54) is 22.8 Å². The molecule has 0 aliphatic carbocycles. The Morgan fingerprint density at radius 3 is 2.61 bits per heavy atom. The second-order valence-electron chi connectivity index (χ2n) is 5.27. The Morgan fingerprint density at radius 1 is 1.11 bits per heavy atom. The maximum absolute atomic E-state index is 5.25. The Labute approximate surface area is 108 Å². The Kier molecular flexibility index (Phi) is 2.96. The first-order valence-corrected chi connectivity index (χ1v) is 6.57. The monoisotopic (exact) mass is 241 g/mol. The predicted octanol–water partition coefficient (Wildman–Crippen LogP) is 3.52. The molecule has 0 radical (unpaired) electrons. The lowest BCUT2D eigenvalue weighted by molar-refractivity contribution is 0.415. The van der Waals surface area contributed by atoms with Crippen LogP contribution in [-0.4, -0.2) is 13.7 Å². The molecule has 0 amide bonds. The van der Waals surface area contributed by atoms with Crippen molar-refractivity contribution < 1.29 is 4.74 Å². The standard InChI is InChI=1S/C16H19NO/c1-11-7-16(17-10-11)14-4-3-13-9-15(18-2)6-5-12(13)8-14/h3-6,8-9,11,16-17H,7,10H2,1-2H3. The van der Waals surface area contributed by atoms with Crippen molar-refractivity contribution in [2.24, 2.45) is 5.92 Å². The lowest BCUT2D eigenvalue weighted by atomic mass is 9.98. The molecule has 0 aromatic heterocycles. The van der Waals surface area contributed by atoms with E-state index in [-0.39, 0.29) is 0 Å². The summed E-state index contributed by atoms with van der Waals surface area (Å²) in [5.74, 6) is 1.70. The number of benzene rings is 2. The average Bonchev–Trinajstić information content (AvgIpc) is 2.84. The topological polar surface area (TPSA) is 21.3 Å². The summed E-state index contributed by atoms with van der Waals surface area (Å²) in [6.45, 7) is 3.43. The Bertz CT molecular complexity index is 564. The number of hydrogen-bond acceptors (Lipinski definition) is 2. The third-order valence-electron chi connectivity index (χ3n) is 3.82. The van der Waals surface area contributed by atoms with Crippen molar-refractivity contribution in [3.05, 3.63) is 42.0 Å². The van der Waals surface area contributed by atoms with Gasteiger partial charge in [-0.3, -0.25) is 0 Å². The van der Waals surface area contributed by atoms with Gasteiger partial charge in [-0.15, -0.1) is 0 Å². The normalized spacial score (nSPS) is 23.4. The van der Waals surface area contributed by atoms with Crippen molar-refractivity contribution in [2.75, 3.05) is 13.7 Å². The lowest BCUT2D eigenvalue weighted by Crippen LogP contribution is -2.13. The number of fused-ring (bicyclic) bond motifs is 1. The van der Waals surface area contributed by atoms with Gasteiger partial charge in [0.25, 0.3) is 0 Å². The molecule has 2 unspecified atom stereocenters. The van der Waals surface area contributed by atoms with Gasteiger partial charge in [-0.2, -0.15) is 0 Å². The van der Waals surface area contributed by atoms with E-state index in [9.17, 15) is 0 Å². The molecule has 1 aliphatic heterocycles. The summed E-state index contributed by atoms with van der Waals surface area (Å²) < 4.78 is 5.25. The zero-order valence-electron chi connectivity index (χ0n) is 10.9. The van der Waals surface area contributed by atoms with E-state index in [1.807, 2.05) is 6.07 Å². The molecular formula is C16H19NO. The third kappa shape index (κ3) is 2.08. The molecule has 3 rings (SSSR count). The highest BCUT2D eigenvalue weighted by Gasteiger charge is 2.21. The molecule has 1 aliphatic rings. The second kappa shape index (κ2) is 4.62. The zero-order valence-corrected chi connectivity index (χ0v) is 10.9. The highest BCUT2D eigenvalue weighted by atomic mass is 16.5. The van der Waals surface area contributed by atoms with Gasteiger partial charge >= 0.3 is 0 Å². The third-order valence-corrected chi connectivity index (χ3v) is 3.82. The molecule has 0 spiro atoms. The van der Waals surface area contributed by atoms with Gasteiger partial charge in [-0.1, -0.05) is 25.1 Å². The average molecular weight is 241 g/mol. The van der Waals surface area contributed by atoms with Gasteiger partial charge in [0.2, 0.25) is 0 Å². The first-order valence-electron chi connectivity index (χ1n) is 6.57. The van der Waals surface area contributed by atoms with E-state index in [0.717, 1.165) is 18.2 Å². The molecule has 2 atom stereocenters. The smallest absolute Gasteiger partial charge is 0.119 e. The summed E-state index contributed by atoms with van der Waals surface area (Å²) in [6, 6.07) is 13.5. The number of methoxy groups -OCH3 is 1. The van der Waals surface area contributed by atoms with Crippen LogP contribution in [0.4, 0.5) is 0 Å². The van der Waals surface area contributed by atoms with Crippen LogP contribution in [0.15, 0.2) is 36.4 Å². The zero-order chi connectivity index (χ0) is 12.5. The van der Waals surface area contributed by atoms with E-state index in [4.69, 9.17) is 4.74 Å². The molecule has 2 heteroatoms. The van der Waals surface area contributed by atoms with Crippen LogP contribution in [0.5, 0.6) is 5.75 Å². The van der Waals surface area contributed by atoms with Gasteiger partial charge in [0.1, 0.15) is 5.75 Å². The van der Waals surface area contributed by atoms with Crippen LogP contribution in [0, 0.1) is 5.92 Å². The van der Waals surface area contributed by atoms with Crippen molar-refractivity contribution in [3.63, 3.8) is 0 Å².